The molecule has 0 radical (unpaired) electrons. The van der Waals surface area contributed by atoms with Crippen LogP contribution in [0.2, 0.25) is 0 Å². The zero-order valence-corrected chi connectivity index (χ0v) is 21.0. The lowest BCUT2D eigenvalue weighted by Crippen LogP contribution is -2.23. The Hall–Kier alpha value is -4.08. The van der Waals surface area contributed by atoms with Crippen LogP contribution < -0.4 is 14.8 Å². The summed E-state index contributed by atoms with van der Waals surface area (Å²) in [4.78, 5) is 19.3. The minimum atomic E-state index is -0.188. The Bertz CT molecular complexity index is 1730. The molecule has 0 spiro atoms. The Morgan fingerprint density at radius 3 is 2.56 bits per heavy atom. The number of ether oxygens (including phenoxy) is 1. The zero-order chi connectivity index (χ0) is 24.5. The van der Waals surface area contributed by atoms with Gasteiger partial charge in [-0.3, -0.25) is 4.79 Å². The third-order valence-corrected chi connectivity index (χ3v) is 7.40. The lowest BCUT2D eigenvalue weighted by Gasteiger charge is -2.05. The molecule has 0 amide bonds. The molecule has 4 heterocycles. The number of aromatic nitrogens is 5. The van der Waals surface area contributed by atoms with E-state index in [1.54, 1.807) is 11.3 Å². The molecule has 0 fully saturated rings. The number of hydrogen-bond donors (Lipinski definition) is 0. The van der Waals surface area contributed by atoms with Crippen molar-refractivity contribution in [3.05, 3.63) is 98.8 Å². The first-order chi connectivity index (χ1) is 17.7. The van der Waals surface area contributed by atoms with Gasteiger partial charge in [0.1, 0.15) is 11.4 Å². The van der Waals surface area contributed by atoms with Crippen LogP contribution in [0.4, 0.5) is 0 Å². The second-order valence-corrected chi connectivity index (χ2v) is 10.1. The first kappa shape index (κ1) is 22.4. The van der Waals surface area contributed by atoms with E-state index in [2.05, 4.69) is 17.0 Å². The highest BCUT2D eigenvalue weighted by Gasteiger charge is 2.15. The van der Waals surface area contributed by atoms with Gasteiger partial charge in [0.2, 0.25) is 4.96 Å². The van der Waals surface area contributed by atoms with E-state index in [-0.39, 0.29) is 5.56 Å². The Morgan fingerprint density at radius 1 is 1.00 bits per heavy atom. The predicted molar refractivity (Wildman–Crippen MR) is 144 cm³/mol. The fourth-order valence-corrected chi connectivity index (χ4v) is 5.40. The number of thiophene rings is 1. The molecule has 7 nitrogen and oxygen atoms in total. The van der Waals surface area contributed by atoms with E-state index in [1.165, 1.54) is 15.9 Å². The standard InChI is InChI=1S/C27H21N5O2S2/c1-2-14-34-21-12-10-18(11-13-21)24-19(17-31(29-24)20-7-4-3-5-8-20)16-23-26(33)32-27(36-23)28-25(30-32)22-9-6-15-35-22/h3-13,15-17H,2,14H2,1H3. The van der Waals surface area contributed by atoms with Gasteiger partial charge in [0.05, 0.1) is 21.7 Å². The number of benzene rings is 2. The summed E-state index contributed by atoms with van der Waals surface area (Å²) in [7, 11) is 0. The van der Waals surface area contributed by atoms with Crippen LogP contribution in [0.3, 0.4) is 0 Å². The lowest BCUT2D eigenvalue weighted by molar-refractivity contribution is 0.317. The summed E-state index contributed by atoms with van der Waals surface area (Å²) in [6.07, 6.45) is 4.77. The van der Waals surface area contributed by atoms with Crippen LogP contribution in [0.5, 0.6) is 5.75 Å². The maximum Gasteiger partial charge on any atom is 0.291 e. The van der Waals surface area contributed by atoms with Gasteiger partial charge < -0.3 is 4.74 Å². The van der Waals surface area contributed by atoms with Crippen molar-refractivity contribution in [1.82, 2.24) is 24.4 Å². The molecule has 4 aromatic heterocycles. The molecular weight excluding hydrogens is 490 g/mol. The van der Waals surface area contributed by atoms with Crippen LogP contribution in [0.15, 0.2) is 83.1 Å². The quantitative estimate of drug-likeness (QED) is 0.299. The highest BCUT2D eigenvalue weighted by molar-refractivity contribution is 7.15. The molecular formula is C27H21N5O2S2. The molecule has 9 heteroatoms. The van der Waals surface area contributed by atoms with Crippen molar-refractivity contribution in [2.75, 3.05) is 6.61 Å². The van der Waals surface area contributed by atoms with Gasteiger partial charge in [-0.15, -0.1) is 16.4 Å². The van der Waals surface area contributed by atoms with Crippen molar-refractivity contribution in [3.63, 3.8) is 0 Å². The normalized spacial score (nSPS) is 12.0. The molecule has 0 unspecified atom stereocenters. The van der Waals surface area contributed by atoms with Crippen molar-refractivity contribution < 1.29 is 4.74 Å². The molecule has 178 valence electrons. The van der Waals surface area contributed by atoms with E-state index in [9.17, 15) is 4.79 Å². The predicted octanol–water partition coefficient (Wildman–Crippen LogP) is 5.07. The minimum Gasteiger partial charge on any atom is -0.494 e. The van der Waals surface area contributed by atoms with Gasteiger partial charge >= 0.3 is 0 Å². The number of fused-ring (bicyclic) bond motifs is 1. The van der Waals surface area contributed by atoms with Crippen molar-refractivity contribution in [2.45, 2.75) is 13.3 Å². The SMILES string of the molecule is CCCOc1ccc(-c2nn(-c3ccccc3)cc2C=c2sc3nc(-c4cccs4)nn3c2=O)cc1. The van der Waals surface area contributed by atoms with Gasteiger partial charge in [-0.1, -0.05) is 42.5 Å². The molecule has 0 atom stereocenters. The molecule has 0 N–H and O–H groups in total. The topological polar surface area (TPSA) is 74.3 Å². The fraction of sp³-hybridized carbons (Fsp3) is 0.111. The summed E-state index contributed by atoms with van der Waals surface area (Å²) in [6.45, 7) is 2.76. The van der Waals surface area contributed by atoms with Crippen LogP contribution in [0, 0.1) is 0 Å². The Morgan fingerprint density at radius 2 is 1.83 bits per heavy atom. The number of para-hydroxylation sites is 1. The van der Waals surface area contributed by atoms with Crippen molar-refractivity contribution >= 4 is 33.7 Å². The van der Waals surface area contributed by atoms with Gasteiger partial charge in [-0.05, 0) is 60.3 Å². The molecule has 2 aromatic carbocycles. The van der Waals surface area contributed by atoms with Gasteiger partial charge in [0.25, 0.3) is 5.56 Å². The van der Waals surface area contributed by atoms with Gasteiger partial charge in [0, 0.05) is 17.3 Å². The Labute approximate surface area is 214 Å². The van der Waals surface area contributed by atoms with E-state index in [0.717, 1.165) is 39.6 Å². The number of hydrogen-bond acceptors (Lipinski definition) is 7. The zero-order valence-electron chi connectivity index (χ0n) is 19.4. The highest BCUT2D eigenvalue weighted by Crippen LogP contribution is 2.27. The van der Waals surface area contributed by atoms with Gasteiger partial charge in [0.15, 0.2) is 5.82 Å². The lowest BCUT2D eigenvalue weighted by atomic mass is 10.1. The number of rotatable bonds is 7. The number of thiazole rings is 1. The molecule has 0 aliphatic rings. The average molecular weight is 512 g/mol. The van der Waals surface area contributed by atoms with E-state index in [1.807, 2.05) is 89.1 Å². The van der Waals surface area contributed by atoms with E-state index in [0.29, 0.717) is 21.9 Å². The Kier molecular flexibility index (Phi) is 5.92. The first-order valence-corrected chi connectivity index (χ1v) is 13.2. The molecule has 36 heavy (non-hydrogen) atoms. The molecule has 6 rings (SSSR count). The molecule has 0 bridgehead atoms. The second kappa shape index (κ2) is 9.52. The molecule has 0 saturated carbocycles. The maximum absolute atomic E-state index is 13.2. The summed E-state index contributed by atoms with van der Waals surface area (Å²) in [5, 5.41) is 11.3. The minimum absolute atomic E-state index is 0.188. The summed E-state index contributed by atoms with van der Waals surface area (Å²) in [5.41, 5.74) is 3.30. The monoisotopic (exact) mass is 511 g/mol. The summed E-state index contributed by atoms with van der Waals surface area (Å²) < 4.78 is 9.50. The summed E-state index contributed by atoms with van der Waals surface area (Å²) in [5.74, 6) is 1.39. The third kappa shape index (κ3) is 4.23. The summed E-state index contributed by atoms with van der Waals surface area (Å²) >= 11 is 2.88. The van der Waals surface area contributed by atoms with Crippen molar-refractivity contribution in [3.8, 4) is 33.4 Å². The van der Waals surface area contributed by atoms with Crippen molar-refractivity contribution in [2.24, 2.45) is 0 Å². The molecule has 6 aromatic rings. The maximum atomic E-state index is 13.2. The first-order valence-electron chi connectivity index (χ1n) is 11.5. The Balaban J connectivity index is 1.45. The van der Waals surface area contributed by atoms with Crippen LogP contribution in [0.1, 0.15) is 18.9 Å². The fourth-order valence-electron chi connectivity index (χ4n) is 3.84. The van der Waals surface area contributed by atoms with E-state index >= 15 is 0 Å². The molecule has 0 aliphatic carbocycles. The van der Waals surface area contributed by atoms with Gasteiger partial charge in [-0.2, -0.15) is 14.6 Å². The largest absolute Gasteiger partial charge is 0.494 e. The van der Waals surface area contributed by atoms with Crippen LogP contribution in [0.25, 0.3) is 38.7 Å². The van der Waals surface area contributed by atoms with Crippen LogP contribution in [-0.2, 0) is 0 Å². The number of nitrogens with zero attached hydrogens (tertiary/aromatic N) is 5. The second-order valence-electron chi connectivity index (χ2n) is 8.11. The van der Waals surface area contributed by atoms with E-state index < -0.39 is 0 Å². The van der Waals surface area contributed by atoms with Crippen LogP contribution in [-0.4, -0.2) is 31.0 Å². The van der Waals surface area contributed by atoms with Gasteiger partial charge in [-0.25, -0.2) is 4.68 Å². The molecule has 0 aliphatic heterocycles. The smallest absolute Gasteiger partial charge is 0.291 e. The van der Waals surface area contributed by atoms with Crippen LogP contribution >= 0.6 is 22.7 Å². The highest BCUT2D eigenvalue weighted by atomic mass is 32.1. The van der Waals surface area contributed by atoms with Crippen molar-refractivity contribution in [1.29, 1.82) is 0 Å². The summed E-state index contributed by atoms with van der Waals surface area (Å²) in [6, 6.07) is 21.7. The average Bonchev–Trinajstić information content (AvgIpc) is 3.70. The van der Waals surface area contributed by atoms with E-state index in [4.69, 9.17) is 9.84 Å². The molecule has 0 saturated heterocycles. The third-order valence-electron chi connectivity index (χ3n) is 5.57.